The zero-order valence-electron chi connectivity index (χ0n) is 9.47. The Morgan fingerprint density at radius 3 is 1.39 bits per heavy atom. The number of hydrogen-bond donors (Lipinski definition) is 0. The summed E-state index contributed by atoms with van der Waals surface area (Å²) < 4.78 is -0.834. The second-order valence-electron chi connectivity index (χ2n) is 3.78. The van der Waals surface area contributed by atoms with Crippen molar-refractivity contribution in [3.8, 4) is 0 Å². The fraction of sp³-hybridized carbons (Fsp3) is 0.0667. The maximum absolute atomic E-state index is 12.1. The van der Waals surface area contributed by atoms with Crippen molar-refractivity contribution < 1.29 is 30.7 Å². The van der Waals surface area contributed by atoms with Gasteiger partial charge in [0.2, 0.25) is 0 Å². The number of ketones is 2. The molecule has 0 N–H and O–H groups in total. The molecular weight excluding hydrogens is 320 g/mol. The van der Waals surface area contributed by atoms with Crippen LogP contribution >= 0.6 is 0 Å². The molecule has 0 saturated heterocycles. The molecule has 2 rings (SSSR count). The SMILES string of the molecule is O=C(c1ccccc1)[CH]([Ag])C(=O)c1ccccc1. The van der Waals surface area contributed by atoms with Gasteiger partial charge < -0.3 is 0 Å². The second-order valence-corrected chi connectivity index (χ2v) is 4.63. The molecule has 0 bridgehead atoms. The van der Waals surface area contributed by atoms with E-state index in [4.69, 9.17) is 0 Å². The summed E-state index contributed by atoms with van der Waals surface area (Å²) >= 11 is 3.20. The first kappa shape index (κ1) is 13.0. The molecule has 0 aliphatic heterocycles. The Morgan fingerprint density at radius 1 is 0.722 bits per heavy atom. The van der Waals surface area contributed by atoms with E-state index in [1.54, 1.807) is 48.5 Å². The molecule has 0 unspecified atom stereocenters. The van der Waals surface area contributed by atoms with Crippen LogP contribution in [-0.4, -0.2) is 11.6 Å². The van der Waals surface area contributed by atoms with Crippen molar-refractivity contribution in [3.63, 3.8) is 0 Å². The van der Waals surface area contributed by atoms with Crippen molar-refractivity contribution in [2.75, 3.05) is 0 Å². The van der Waals surface area contributed by atoms with E-state index in [0.29, 0.717) is 11.1 Å². The number of rotatable bonds is 4. The second kappa shape index (κ2) is 5.92. The molecule has 94 valence electrons. The van der Waals surface area contributed by atoms with Gasteiger partial charge in [0.05, 0.1) is 0 Å². The van der Waals surface area contributed by atoms with E-state index in [2.05, 4.69) is 21.1 Å². The molecule has 18 heavy (non-hydrogen) atoms. The van der Waals surface area contributed by atoms with Gasteiger partial charge in [-0.3, -0.25) is 0 Å². The van der Waals surface area contributed by atoms with E-state index in [9.17, 15) is 9.59 Å². The predicted molar refractivity (Wildman–Crippen MR) is 65.3 cm³/mol. The molecule has 3 heteroatoms. The van der Waals surface area contributed by atoms with Crippen molar-refractivity contribution in [3.05, 3.63) is 71.8 Å². The van der Waals surface area contributed by atoms with Crippen molar-refractivity contribution in [1.29, 1.82) is 0 Å². The monoisotopic (exact) mass is 330 g/mol. The number of carbonyl (C=O) groups excluding carboxylic acids is 2. The van der Waals surface area contributed by atoms with Crippen LogP contribution in [0.5, 0.6) is 0 Å². The van der Waals surface area contributed by atoms with Gasteiger partial charge in [0, 0.05) is 0 Å². The standard InChI is InChI=1S/C15H11O2.Ag/c16-14(12-7-3-1-4-8-12)11-15(17)13-9-5-2-6-10-13;/h1-11H;. The zero-order valence-corrected chi connectivity index (χ0v) is 11.0. The summed E-state index contributed by atoms with van der Waals surface area (Å²) in [5.74, 6) is -0.438. The van der Waals surface area contributed by atoms with Gasteiger partial charge in [-0.1, -0.05) is 0 Å². The third kappa shape index (κ3) is 2.85. The third-order valence-corrected chi connectivity index (χ3v) is 3.31. The van der Waals surface area contributed by atoms with Crippen LogP contribution in [0, 0.1) is 0 Å². The summed E-state index contributed by atoms with van der Waals surface area (Å²) in [7, 11) is 0. The minimum atomic E-state index is -0.834. The molecule has 2 aromatic carbocycles. The van der Waals surface area contributed by atoms with Crippen molar-refractivity contribution >= 4 is 11.6 Å². The number of benzene rings is 2. The summed E-state index contributed by atoms with van der Waals surface area (Å²) in [5.41, 5.74) is 1.06. The van der Waals surface area contributed by atoms with Crippen molar-refractivity contribution in [1.82, 2.24) is 0 Å². The van der Waals surface area contributed by atoms with E-state index >= 15 is 0 Å². The Kier molecular flexibility index (Phi) is 4.26. The summed E-state index contributed by atoms with van der Waals surface area (Å²) in [4.78, 5) is 24.2. The van der Waals surface area contributed by atoms with Crippen LogP contribution in [0.2, 0.25) is 4.14 Å². The normalized spacial score (nSPS) is 10.4. The van der Waals surface area contributed by atoms with Crippen LogP contribution in [-0.2, 0) is 21.1 Å². The first-order chi connectivity index (χ1) is 8.70. The Morgan fingerprint density at radius 2 is 1.06 bits per heavy atom. The molecule has 0 aliphatic carbocycles. The topological polar surface area (TPSA) is 34.1 Å². The van der Waals surface area contributed by atoms with Crippen molar-refractivity contribution in [2.45, 2.75) is 4.14 Å². The Hall–Kier alpha value is -1.48. The minimum absolute atomic E-state index is 0.219. The first-order valence-corrected chi connectivity index (χ1v) is 6.34. The fourth-order valence-electron chi connectivity index (χ4n) is 1.59. The maximum atomic E-state index is 12.1. The van der Waals surface area contributed by atoms with E-state index in [1.807, 2.05) is 12.1 Å². The van der Waals surface area contributed by atoms with E-state index in [1.165, 1.54) is 0 Å². The Bertz CT molecular complexity index is 498. The fourth-order valence-corrected chi connectivity index (χ4v) is 2.09. The molecule has 0 spiro atoms. The molecule has 2 nitrogen and oxygen atoms in total. The average Bonchev–Trinajstić information content (AvgIpc) is 2.47. The number of Topliss-reactive ketones (excluding diaryl/α,β-unsaturated/α-hetero) is 2. The molecule has 0 heterocycles. The quantitative estimate of drug-likeness (QED) is 0.490. The summed E-state index contributed by atoms with van der Waals surface area (Å²) in [6.45, 7) is 0. The molecule has 0 saturated carbocycles. The van der Waals surface area contributed by atoms with Gasteiger partial charge in [-0.2, -0.15) is 0 Å². The number of hydrogen-bond acceptors (Lipinski definition) is 2. The molecule has 0 radical (unpaired) electrons. The Labute approximate surface area is 118 Å². The van der Waals surface area contributed by atoms with Gasteiger partial charge in [-0.25, -0.2) is 0 Å². The van der Waals surface area contributed by atoms with Crippen LogP contribution in [0.25, 0.3) is 0 Å². The molecular formula is C15H11AgO2. The van der Waals surface area contributed by atoms with Gasteiger partial charge in [0.25, 0.3) is 0 Å². The molecule has 0 fully saturated rings. The third-order valence-electron chi connectivity index (χ3n) is 2.54. The van der Waals surface area contributed by atoms with E-state index in [-0.39, 0.29) is 11.6 Å². The molecule has 0 atom stereocenters. The van der Waals surface area contributed by atoms with Gasteiger partial charge >= 0.3 is 118 Å². The van der Waals surface area contributed by atoms with Crippen LogP contribution < -0.4 is 0 Å². The van der Waals surface area contributed by atoms with Crippen LogP contribution in [0.3, 0.4) is 0 Å². The predicted octanol–water partition coefficient (Wildman–Crippen LogP) is 3.09. The zero-order chi connectivity index (χ0) is 13.0. The summed E-state index contributed by atoms with van der Waals surface area (Å²) in [6.07, 6.45) is 0. The van der Waals surface area contributed by atoms with Gasteiger partial charge in [0.1, 0.15) is 0 Å². The Balaban J connectivity index is 2.20. The van der Waals surface area contributed by atoms with Crippen LogP contribution in [0.4, 0.5) is 0 Å². The van der Waals surface area contributed by atoms with Gasteiger partial charge in [-0.15, -0.1) is 0 Å². The average molecular weight is 331 g/mol. The van der Waals surface area contributed by atoms with E-state index < -0.39 is 4.14 Å². The van der Waals surface area contributed by atoms with E-state index in [0.717, 1.165) is 0 Å². The van der Waals surface area contributed by atoms with Crippen molar-refractivity contribution in [2.24, 2.45) is 0 Å². The summed E-state index contributed by atoms with van der Waals surface area (Å²) in [6, 6.07) is 17.6. The van der Waals surface area contributed by atoms with Crippen LogP contribution in [0.15, 0.2) is 60.7 Å². The van der Waals surface area contributed by atoms with Gasteiger partial charge in [0.15, 0.2) is 0 Å². The molecule has 0 aliphatic rings. The number of carbonyl (C=O) groups is 2. The molecule has 0 aromatic heterocycles. The summed E-state index contributed by atoms with van der Waals surface area (Å²) in [5, 5.41) is 0. The molecule has 2 aromatic rings. The van der Waals surface area contributed by atoms with Crippen LogP contribution in [0.1, 0.15) is 20.7 Å². The molecule has 0 amide bonds. The first-order valence-electron chi connectivity index (χ1n) is 5.48. The van der Waals surface area contributed by atoms with Gasteiger partial charge in [-0.05, 0) is 0 Å².